The molecule has 33 heavy (non-hydrogen) atoms. The summed E-state index contributed by atoms with van der Waals surface area (Å²) < 4.78 is 79.7. The molecule has 0 atom stereocenters. The topological polar surface area (TPSA) is 76.2 Å². The van der Waals surface area contributed by atoms with E-state index in [2.05, 4.69) is 20.7 Å². The van der Waals surface area contributed by atoms with Crippen molar-refractivity contribution in [3.63, 3.8) is 0 Å². The molecule has 1 aliphatic carbocycles. The number of hydrogen-bond acceptors (Lipinski definition) is 4. The quantitative estimate of drug-likeness (QED) is 0.528. The SMILES string of the molecule is O=C(N[C@H]1CC[C@@H](Nc2cccc3nc(C(F)(F)F)cn23)CC1)c1cn(CC(F)F)nc1F. The second-order valence-corrected chi connectivity index (χ2v) is 7.88. The van der Waals surface area contributed by atoms with Gasteiger partial charge in [-0.3, -0.25) is 13.9 Å². The number of nitrogens with one attached hydrogen (secondary N) is 2. The zero-order valence-electron chi connectivity index (χ0n) is 17.1. The van der Waals surface area contributed by atoms with Crippen molar-refractivity contribution in [2.45, 2.75) is 56.9 Å². The van der Waals surface area contributed by atoms with Gasteiger partial charge in [-0.15, -0.1) is 5.10 Å². The Kier molecular flexibility index (Phi) is 6.21. The largest absolute Gasteiger partial charge is 0.434 e. The van der Waals surface area contributed by atoms with E-state index in [1.165, 1.54) is 10.5 Å². The van der Waals surface area contributed by atoms with Crippen LogP contribution in [0.5, 0.6) is 0 Å². The molecular weight excluding hydrogens is 454 g/mol. The summed E-state index contributed by atoms with van der Waals surface area (Å²) in [5, 5.41) is 9.20. The number of anilines is 1. The number of alkyl halides is 5. The van der Waals surface area contributed by atoms with Crippen LogP contribution in [-0.4, -0.2) is 43.6 Å². The van der Waals surface area contributed by atoms with Crippen LogP contribution in [0.15, 0.2) is 30.6 Å². The Bertz CT molecular complexity index is 1130. The highest BCUT2D eigenvalue weighted by Crippen LogP contribution is 2.30. The maximum absolute atomic E-state index is 13.8. The number of amides is 1. The van der Waals surface area contributed by atoms with Gasteiger partial charge < -0.3 is 10.6 Å². The van der Waals surface area contributed by atoms with Crippen LogP contribution < -0.4 is 10.6 Å². The van der Waals surface area contributed by atoms with Crippen LogP contribution in [-0.2, 0) is 12.7 Å². The normalized spacial score (nSPS) is 19.2. The second-order valence-electron chi connectivity index (χ2n) is 7.88. The van der Waals surface area contributed by atoms with E-state index in [9.17, 15) is 31.1 Å². The summed E-state index contributed by atoms with van der Waals surface area (Å²) in [6, 6.07) is 4.44. The molecule has 4 rings (SSSR count). The third kappa shape index (κ3) is 5.22. The predicted molar refractivity (Wildman–Crippen MR) is 106 cm³/mol. The van der Waals surface area contributed by atoms with Gasteiger partial charge in [-0.25, -0.2) is 13.8 Å². The van der Waals surface area contributed by atoms with Gasteiger partial charge in [-0.1, -0.05) is 6.07 Å². The molecule has 0 aliphatic heterocycles. The molecule has 0 radical (unpaired) electrons. The molecule has 1 aliphatic rings. The standard InChI is InChI=1S/C20H20F6N6O/c21-15(22)10-31-8-13(18(23)30-31)19(33)28-12-6-4-11(5-7-12)27-16-2-1-3-17-29-14(9-32(16)17)20(24,25)26/h1-3,8-9,11-12,15,27H,4-7,10H2,(H,28,33)/t11-,12+. The Balaban J connectivity index is 1.35. The molecule has 1 saturated carbocycles. The van der Waals surface area contributed by atoms with Crippen LogP contribution in [0.25, 0.3) is 5.65 Å². The molecule has 3 aromatic heterocycles. The first kappa shape index (κ1) is 22.9. The Hall–Kier alpha value is -3.25. The zero-order chi connectivity index (χ0) is 23.8. The molecule has 0 spiro atoms. The number of nitrogens with zero attached hydrogens (tertiary/aromatic N) is 4. The van der Waals surface area contributed by atoms with Crippen molar-refractivity contribution >= 4 is 17.4 Å². The summed E-state index contributed by atoms with van der Waals surface area (Å²) in [6.45, 7) is -0.810. The smallest absolute Gasteiger partial charge is 0.368 e. The van der Waals surface area contributed by atoms with Crippen LogP contribution in [0, 0.1) is 5.95 Å². The van der Waals surface area contributed by atoms with Gasteiger partial charge in [0.1, 0.15) is 23.6 Å². The van der Waals surface area contributed by atoms with Crippen LogP contribution >= 0.6 is 0 Å². The van der Waals surface area contributed by atoms with Crippen LogP contribution in [0.4, 0.5) is 32.2 Å². The molecule has 0 aromatic carbocycles. The summed E-state index contributed by atoms with van der Waals surface area (Å²) in [5.74, 6) is -1.38. The summed E-state index contributed by atoms with van der Waals surface area (Å²) in [4.78, 5) is 15.9. The number of fused-ring (bicyclic) bond motifs is 1. The lowest BCUT2D eigenvalue weighted by Crippen LogP contribution is -2.40. The highest BCUT2D eigenvalue weighted by molar-refractivity contribution is 5.94. The van der Waals surface area contributed by atoms with Crippen LogP contribution in [0.2, 0.25) is 0 Å². The number of rotatable bonds is 6. The van der Waals surface area contributed by atoms with Crippen molar-refractivity contribution in [3.05, 3.63) is 47.8 Å². The van der Waals surface area contributed by atoms with Gasteiger partial charge >= 0.3 is 6.18 Å². The van der Waals surface area contributed by atoms with Gasteiger partial charge in [-0.2, -0.15) is 17.6 Å². The molecule has 0 bridgehead atoms. The third-order valence-electron chi connectivity index (χ3n) is 5.48. The number of carbonyl (C=O) groups is 1. The van der Waals surface area contributed by atoms with Gasteiger partial charge in [0.25, 0.3) is 12.3 Å². The van der Waals surface area contributed by atoms with E-state index in [0.717, 1.165) is 12.4 Å². The number of imidazole rings is 1. The van der Waals surface area contributed by atoms with Crippen molar-refractivity contribution in [1.82, 2.24) is 24.5 Å². The van der Waals surface area contributed by atoms with Crippen molar-refractivity contribution in [3.8, 4) is 0 Å². The Morgan fingerprint density at radius 2 is 1.82 bits per heavy atom. The van der Waals surface area contributed by atoms with Crippen molar-refractivity contribution in [1.29, 1.82) is 0 Å². The average Bonchev–Trinajstić information content (AvgIpc) is 3.33. The molecule has 0 unspecified atom stereocenters. The van der Waals surface area contributed by atoms with Gasteiger partial charge in [0.05, 0.1) is 0 Å². The molecule has 1 fully saturated rings. The highest BCUT2D eigenvalue weighted by atomic mass is 19.4. The summed E-state index contributed by atoms with van der Waals surface area (Å²) in [5.41, 5.74) is -1.21. The van der Waals surface area contributed by atoms with E-state index >= 15 is 0 Å². The molecule has 7 nitrogen and oxygen atoms in total. The molecule has 2 N–H and O–H groups in total. The van der Waals surface area contributed by atoms with Gasteiger partial charge in [-0.05, 0) is 37.8 Å². The van der Waals surface area contributed by atoms with Crippen molar-refractivity contribution in [2.24, 2.45) is 0 Å². The minimum Gasteiger partial charge on any atom is -0.368 e. The minimum absolute atomic E-state index is 0.0500. The van der Waals surface area contributed by atoms with Gasteiger partial charge in [0.15, 0.2) is 5.69 Å². The molecule has 13 heteroatoms. The minimum atomic E-state index is -4.55. The monoisotopic (exact) mass is 474 g/mol. The average molecular weight is 474 g/mol. The van der Waals surface area contributed by atoms with Crippen molar-refractivity contribution in [2.75, 3.05) is 5.32 Å². The first-order valence-electron chi connectivity index (χ1n) is 10.2. The lowest BCUT2D eigenvalue weighted by atomic mass is 9.91. The first-order valence-corrected chi connectivity index (χ1v) is 10.2. The number of halogens is 6. The molecule has 0 saturated heterocycles. The fourth-order valence-electron chi connectivity index (χ4n) is 3.90. The number of carbonyl (C=O) groups excluding carboxylic acids is 1. The summed E-state index contributed by atoms with van der Waals surface area (Å²) in [7, 11) is 0. The highest BCUT2D eigenvalue weighted by Gasteiger charge is 2.34. The number of aromatic nitrogens is 4. The zero-order valence-corrected chi connectivity index (χ0v) is 17.1. The van der Waals surface area contributed by atoms with E-state index in [4.69, 9.17) is 0 Å². The molecular formula is C20H20F6N6O. The lowest BCUT2D eigenvalue weighted by molar-refractivity contribution is -0.140. The summed E-state index contributed by atoms with van der Waals surface area (Å²) >= 11 is 0. The fourth-order valence-corrected chi connectivity index (χ4v) is 3.90. The lowest BCUT2D eigenvalue weighted by Gasteiger charge is -2.30. The Morgan fingerprint density at radius 1 is 1.12 bits per heavy atom. The van der Waals surface area contributed by atoms with E-state index in [1.54, 1.807) is 12.1 Å². The molecule has 3 aromatic rings. The van der Waals surface area contributed by atoms with Crippen LogP contribution in [0.3, 0.4) is 0 Å². The van der Waals surface area contributed by atoms with E-state index in [0.29, 0.717) is 36.2 Å². The number of hydrogen-bond donors (Lipinski definition) is 2. The Labute approximate surface area is 183 Å². The fraction of sp³-hybridized carbons (Fsp3) is 0.450. The van der Waals surface area contributed by atoms with E-state index in [-0.39, 0.29) is 17.7 Å². The molecule has 3 heterocycles. The van der Waals surface area contributed by atoms with Crippen molar-refractivity contribution < 1.29 is 31.1 Å². The van der Waals surface area contributed by atoms with Gasteiger partial charge in [0, 0.05) is 24.5 Å². The van der Waals surface area contributed by atoms with E-state index in [1.807, 2.05) is 0 Å². The van der Waals surface area contributed by atoms with E-state index < -0.39 is 42.3 Å². The maximum Gasteiger partial charge on any atom is 0.434 e. The Morgan fingerprint density at radius 3 is 2.48 bits per heavy atom. The van der Waals surface area contributed by atoms with Gasteiger partial charge in [0.2, 0.25) is 5.95 Å². The third-order valence-corrected chi connectivity index (χ3v) is 5.48. The molecule has 1 amide bonds. The van der Waals surface area contributed by atoms with Crippen LogP contribution in [0.1, 0.15) is 41.7 Å². The first-order chi connectivity index (χ1) is 15.6. The predicted octanol–water partition coefficient (Wildman–Crippen LogP) is 4.11. The number of pyridine rings is 1. The maximum atomic E-state index is 13.8. The molecule has 178 valence electrons. The second kappa shape index (κ2) is 8.94. The summed E-state index contributed by atoms with van der Waals surface area (Å²) in [6.07, 6.45) is -3.08.